The van der Waals surface area contributed by atoms with E-state index >= 15 is 0 Å². The number of nitro groups is 1. The summed E-state index contributed by atoms with van der Waals surface area (Å²) in [6.07, 6.45) is 2.48. The fraction of sp³-hybridized carbons (Fsp3) is 0.211. The molecule has 0 saturated carbocycles. The molecule has 1 amide bonds. The number of anilines is 1. The average Bonchev–Trinajstić information content (AvgIpc) is 2.62. The van der Waals surface area contributed by atoms with Crippen LogP contribution >= 0.6 is 0 Å². The summed E-state index contributed by atoms with van der Waals surface area (Å²) in [5.41, 5.74) is 1.82. The van der Waals surface area contributed by atoms with E-state index in [1.54, 1.807) is 31.2 Å². The lowest BCUT2D eigenvalue weighted by Gasteiger charge is -2.12. The SMILES string of the molecule is C=CCc1ccc(OCC(=O)Nc2ccc(C)c([N+](=O)[O-])c2)c(OC)c1. The molecule has 0 spiro atoms. The number of carbonyl (C=O) groups is 1. The lowest BCUT2D eigenvalue weighted by molar-refractivity contribution is -0.385. The lowest BCUT2D eigenvalue weighted by Crippen LogP contribution is -2.20. The van der Waals surface area contributed by atoms with Gasteiger partial charge in [-0.15, -0.1) is 6.58 Å². The molecule has 136 valence electrons. The quantitative estimate of drug-likeness (QED) is 0.443. The van der Waals surface area contributed by atoms with Crippen molar-refractivity contribution in [1.82, 2.24) is 0 Å². The zero-order valence-electron chi connectivity index (χ0n) is 14.7. The summed E-state index contributed by atoms with van der Waals surface area (Å²) in [6.45, 7) is 5.07. The summed E-state index contributed by atoms with van der Waals surface area (Å²) in [5.74, 6) is 0.522. The van der Waals surface area contributed by atoms with E-state index in [0.717, 1.165) is 5.56 Å². The molecule has 26 heavy (non-hydrogen) atoms. The van der Waals surface area contributed by atoms with Crippen LogP contribution in [-0.4, -0.2) is 24.5 Å². The van der Waals surface area contributed by atoms with Gasteiger partial charge in [-0.1, -0.05) is 18.2 Å². The van der Waals surface area contributed by atoms with Gasteiger partial charge in [0.05, 0.1) is 12.0 Å². The van der Waals surface area contributed by atoms with Gasteiger partial charge in [0, 0.05) is 17.3 Å². The number of carbonyl (C=O) groups excluding carboxylic acids is 1. The van der Waals surface area contributed by atoms with Crippen LogP contribution < -0.4 is 14.8 Å². The molecule has 0 atom stereocenters. The van der Waals surface area contributed by atoms with Crippen molar-refractivity contribution in [1.29, 1.82) is 0 Å². The van der Waals surface area contributed by atoms with E-state index in [1.807, 2.05) is 12.1 Å². The first kappa shape index (κ1) is 19.0. The zero-order chi connectivity index (χ0) is 19.1. The summed E-state index contributed by atoms with van der Waals surface area (Å²) < 4.78 is 10.8. The topological polar surface area (TPSA) is 90.7 Å². The number of rotatable bonds is 8. The van der Waals surface area contributed by atoms with E-state index < -0.39 is 10.8 Å². The van der Waals surface area contributed by atoms with Crippen molar-refractivity contribution in [2.24, 2.45) is 0 Å². The maximum Gasteiger partial charge on any atom is 0.274 e. The first-order chi connectivity index (χ1) is 12.4. The highest BCUT2D eigenvalue weighted by Crippen LogP contribution is 2.28. The second-order valence-corrected chi connectivity index (χ2v) is 5.57. The second-order valence-electron chi connectivity index (χ2n) is 5.57. The van der Waals surface area contributed by atoms with Gasteiger partial charge in [0.25, 0.3) is 11.6 Å². The highest BCUT2D eigenvalue weighted by Gasteiger charge is 2.13. The standard InChI is InChI=1S/C19H20N2O5/c1-4-5-14-7-9-17(18(10-14)25-3)26-12-19(22)20-15-8-6-13(2)16(11-15)21(23)24/h4,6-11H,1,5,12H2,2-3H3,(H,20,22). The predicted octanol–water partition coefficient (Wildman–Crippen LogP) is 3.66. The van der Waals surface area contributed by atoms with E-state index in [0.29, 0.717) is 29.2 Å². The van der Waals surface area contributed by atoms with Gasteiger partial charge in [-0.25, -0.2) is 0 Å². The van der Waals surface area contributed by atoms with Crippen molar-refractivity contribution >= 4 is 17.3 Å². The molecule has 0 unspecified atom stereocenters. The van der Waals surface area contributed by atoms with Gasteiger partial charge >= 0.3 is 0 Å². The molecular weight excluding hydrogens is 336 g/mol. The Bertz CT molecular complexity index is 833. The van der Waals surface area contributed by atoms with E-state index in [1.165, 1.54) is 13.2 Å². The summed E-state index contributed by atoms with van der Waals surface area (Å²) in [4.78, 5) is 22.5. The maximum absolute atomic E-state index is 12.1. The van der Waals surface area contributed by atoms with E-state index in [4.69, 9.17) is 9.47 Å². The molecule has 2 aromatic rings. The zero-order valence-corrected chi connectivity index (χ0v) is 14.7. The Balaban J connectivity index is 2.02. The minimum atomic E-state index is -0.489. The molecule has 0 bridgehead atoms. The summed E-state index contributed by atoms with van der Waals surface area (Å²) >= 11 is 0. The van der Waals surface area contributed by atoms with E-state index in [-0.39, 0.29) is 12.3 Å². The third-order valence-corrected chi connectivity index (χ3v) is 3.66. The Morgan fingerprint density at radius 2 is 2.04 bits per heavy atom. The van der Waals surface area contributed by atoms with E-state index in [9.17, 15) is 14.9 Å². The first-order valence-corrected chi connectivity index (χ1v) is 7.90. The van der Waals surface area contributed by atoms with Gasteiger partial charge in [0.15, 0.2) is 18.1 Å². The van der Waals surface area contributed by atoms with Crippen LogP contribution in [0.5, 0.6) is 11.5 Å². The van der Waals surface area contributed by atoms with Crippen molar-refractivity contribution in [2.45, 2.75) is 13.3 Å². The Morgan fingerprint density at radius 1 is 1.27 bits per heavy atom. The molecule has 7 heteroatoms. The van der Waals surface area contributed by atoms with Gasteiger partial charge in [-0.2, -0.15) is 0 Å². The molecule has 1 N–H and O–H groups in total. The number of methoxy groups -OCH3 is 1. The van der Waals surface area contributed by atoms with Crippen molar-refractivity contribution in [2.75, 3.05) is 19.0 Å². The third kappa shape index (κ3) is 4.83. The largest absolute Gasteiger partial charge is 0.493 e. The van der Waals surface area contributed by atoms with Crippen LogP contribution in [0.3, 0.4) is 0 Å². The number of benzene rings is 2. The molecule has 0 saturated heterocycles. The number of hydrogen-bond donors (Lipinski definition) is 1. The Hall–Kier alpha value is -3.35. The minimum Gasteiger partial charge on any atom is -0.493 e. The van der Waals surface area contributed by atoms with Crippen LogP contribution in [0.15, 0.2) is 49.1 Å². The molecule has 2 aromatic carbocycles. The number of nitrogens with one attached hydrogen (secondary N) is 1. The van der Waals surface area contributed by atoms with Crippen LogP contribution in [0.2, 0.25) is 0 Å². The van der Waals surface area contributed by atoms with Gasteiger partial charge < -0.3 is 14.8 Å². The van der Waals surface area contributed by atoms with Gasteiger partial charge in [0.1, 0.15) is 0 Å². The molecule has 2 rings (SSSR count). The second kappa shape index (κ2) is 8.66. The monoisotopic (exact) mass is 356 g/mol. The number of aryl methyl sites for hydroxylation is 1. The van der Waals surface area contributed by atoms with Crippen LogP contribution in [-0.2, 0) is 11.2 Å². The number of amides is 1. The van der Waals surface area contributed by atoms with Gasteiger partial charge in [0.2, 0.25) is 0 Å². The highest BCUT2D eigenvalue weighted by molar-refractivity contribution is 5.92. The number of nitro benzene ring substituents is 1. The number of hydrogen-bond acceptors (Lipinski definition) is 5. The van der Waals surface area contributed by atoms with Crippen LogP contribution in [0.25, 0.3) is 0 Å². The minimum absolute atomic E-state index is 0.0526. The summed E-state index contributed by atoms with van der Waals surface area (Å²) in [6, 6.07) is 9.90. The average molecular weight is 356 g/mol. The summed E-state index contributed by atoms with van der Waals surface area (Å²) in [5, 5.41) is 13.5. The van der Waals surface area contributed by atoms with Crippen molar-refractivity contribution in [3.63, 3.8) is 0 Å². The highest BCUT2D eigenvalue weighted by atomic mass is 16.6. The van der Waals surface area contributed by atoms with Crippen molar-refractivity contribution < 1.29 is 19.2 Å². The number of allylic oxidation sites excluding steroid dienone is 1. The normalized spacial score (nSPS) is 10.1. The fourth-order valence-corrected chi connectivity index (χ4v) is 2.35. The lowest BCUT2D eigenvalue weighted by atomic mass is 10.1. The first-order valence-electron chi connectivity index (χ1n) is 7.90. The number of nitrogens with zero attached hydrogens (tertiary/aromatic N) is 1. The van der Waals surface area contributed by atoms with Gasteiger partial charge in [-0.3, -0.25) is 14.9 Å². The van der Waals surface area contributed by atoms with Gasteiger partial charge in [-0.05, 0) is 37.1 Å². The smallest absolute Gasteiger partial charge is 0.274 e. The van der Waals surface area contributed by atoms with Crippen LogP contribution in [0.4, 0.5) is 11.4 Å². The molecule has 0 heterocycles. The van der Waals surface area contributed by atoms with Crippen molar-refractivity contribution in [3.8, 4) is 11.5 Å². The Morgan fingerprint density at radius 3 is 2.69 bits per heavy atom. The molecule has 0 aliphatic rings. The van der Waals surface area contributed by atoms with Crippen LogP contribution in [0.1, 0.15) is 11.1 Å². The molecule has 0 aliphatic carbocycles. The van der Waals surface area contributed by atoms with E-state index in [2.05, 4.69) is 11.9 Å². The maximum atomic E-state index is 12.1. The summed E-state index contributed by atoms with van der Waals surface area (Å²) in [7, 11) is 1.52. The third-order valence-electron chi connectivity index (χ3n) is 3.66. The molecule has 0 radical (unpaired) electrons. The fourth-order valence-electron chi connectivity index (χ4n) is 2.35. The Kier molecular flexibility index (Phi) is 6.32. The predicted molar refractivity (Wildman–Crippen MR) is 98.9 cm³/mol. The number of ether oxygens (including phenoxy) is 2. The molecule has 0 fully saturated rings. The molecule has 7 nitrogen and oxygen atoms in total. The molecule has 0 aromatic heterocycles. The van der Waals surface area contributed by atoms with Crippen LogP contribution in [0, 0.1) is 17.0 Å². The van der Waals surface area contributed by atoms with Crippen molar-refractivity contribution in [3.05, 3.63) is 70.3 Å². The Labute approximate surface area is 151 Å². The molecular formula is C19H20N2O5. The molecule has 0 aliphatic heterocycles.